The van der Waals surface area contributed by atoms with E-state index in [2.05, 4.69) is 56.6 Å². The van der Waals surface area contributed by atoms with Gasteiger partial charge in [-0.3, -0.25) is 14.6 Å². The lowest BCUT2D eigenvalue weighted by Crippen LogP contribution is -2.51. The van der Waals surface area contributed by atoms with Gasteiger partial charge in [-0.2, -0.15) is 0 Å². The average molecular weight is 482 g/mol. The molecule has 6 nitrogen and oxygen atoms in total. The van der Waals surface area contributed by atoms with Gasteiger partial charge in [0, 0.05) is 45.8 Å². The molecule has 0 spiro atoms. The quantitative estimate of drug-likeness (QED) is 0.596. The Morgan fingerprint density at radius 1 is 1.10 bits per heavy atom. The number of hydrogen-bond acceptors (Lipinski definition) is 5. The summed E-state index contributed by atoms with van der Waals surface area (Å²) in [5.74, 6) is 3.03. The molecule has 1 amide bonds. The van der Waals surface area contributed by atoms with Crippen molar-refractivity contribution >= 4 is 21.8 Å². The SMILES string of the molecule is CCOc1c(Br)cc(CN2CCN(CC(=O)N3CC(C)CC(C)C3)CC2)cc1OC. The zero-order valence-electron chi connectivity index (χ0n) is 18.8. The average Bonchev–Trinajstić information content (AvgIpc) is 2.70. The number of likely N-dealkylation sites (tertiary alicyclic amines) is 1. The van der Waals surface area contributed by atoms with Gasteiger partial charge in [0.25, 0.3) is 0 Å². The maximum atomic E-state index is 12.8. The predicted molar refractivity (Wildman–Crippen MR) is 123 cm³/mol. The van der Waals surface area contributed by atoms with E-state index in [9.17, 15) is 4.79 Å². The van der Waals surface area contributed by atoms with Crippen LogP contribution in [0.2, 0.25) is 0 Å². The molecule has 0 aromatic heterocycles. The van der Waals surface area contributed by atoms with E-state index in [1.165, 1.54) is 12.0 Å². The fraction of sp³-hybridized carbons (Fsp3) is 0.696. The molecule has 2 saturated heterocycles. The van der Waals surface area contributed by atoms with E-state index < -0.39 is 0 Å². The summed E-state index contributed by atoms with van der Waals surface area (Å²) in [6.45, 7) is 14.1. The summed E-state index contributed by atoms with van der Waals surface area (Å²) in [5, 5.41) is 0. The lowest BCUT2D eigenvalue weighted by molar-refractivity contribution is -0.135. The molecule has 0 N–H and O–H groups in total. The number of nitrogens with zero attached hydrogens (tertiary/aromatic N) is 3. The number of carbonyl (C=O) groups excluding carboxylic acids is 1. The van der Waals surface area contributed by atoms with E-state index in [0.717, 1.165) is 61.8 Å². The Labute approximate surface area is 189 Å². The van der Waals surface area contributed by atoms with Gasteiger partial charge < -0.3 is 14.4 Å². The fourth-order valence-corrected chi connectivity index (χ4v) is 5.27. The van der Waals surface area contributed by atoms with Gasteiger partial charge in [-0.05, 0) is 58.8 Å². The topological polar surface area (TPSA) is 45.2 Å². The number of methoxy groups -OCH3 is 1. The van der Waals surface area contributed by atoms with Gasteiger partial charge >= 0.3 is 0 Å². The summed E-state index contributed by atoms with van der Waals surface area (Å²) in [6, 6.07) is 4.17. The normalized spacial score (nSPS) is 23.4. The smallest absolute Gasteiger partial charge is 0.236 e. The van der Waals surface area contributed by atoms with Crippen LogP contribution in [0.4, 0.5) is 0 Å². The molecule has 3 rings (SSSR count). The zero-order valence-corrected chi connectivity index (χ0v) is 20.4. The number of piperazine rings is 1. The van der Waals surface area contributed by atoms with Crippen LogP contribution in [-0.2, 0) is 11.3 Å². The highest BCUT2D eigenvalue weighted by molar-refractivity contribution is 9.10. The van der Waals surface area contributed by atoms with Crippen molar-refractivity contribution in [2.24, 2.45) is 11.8 Å². The van der Waals surface area contributed by atoms with Gasteiger partial charge in [-0.15, -0.1) is 0 Å². The Morgan fingerprint density at radius 3 is 2.33 bits per heavy atom. The van der Waals surface area contributed by atoms with E-state index in [0.29, 0.717) is 30.9 Å². The number of benzene rings is 1. The molecule has 2 unspecified atom stereocenters. The summed E-state index contributed by atoms with van der Waals surface area (Å²) in [7, 11) is 1.67. The second-order valence-electron chi connectivity index (χ2n) is 8.84. The van der Waals surface area contributed by atoms with Gasteiger partial charge in [-0.1, -0.05) is 13.8 Å². The first-order chi connectivity index (χ1) is 14.4. The first kappa shape index (κ1) is 23.4. The highest BCUT2D eigenvalue weighted by Gasteiger charge is 2.27. The van der Waals surface area contributed by atoms with Crippen molar-refractivity contribution in [1.82, 2.24) is 14.7 Å². The zero-order chi connectivity index (χ0) is 21.7. The van der Waals surface area contributed by atoms with Crippen molar-refractivity contribution in [3.8, 4) is 11.5 Å². The summed E-state index contributed by atoms with van der Waals surface area (Å²) in [4.78, 5) is 19.6. The Morgan fingerprint density at radius 2 is 1.73 bits per heavy atom. The minimum atomic E-state index is 0.294. The van der Waals surface area contributed by atoms with Gasteiger partial charge in [0.15, 0.2) is 11.5 Å². The van der Waals surface area contributed by atoms with Crippen molar-refractivity contribution in [1.29, 1.82) is 0 Å². The van der Waals surface area contributed by atoms with Crippen LogP contribution in [0.5, 0.6) is 11.5 Å². The third-order valence-electron chi connectivity index (χ3n) is 6.03. The number of halogens is 1. The molecule has 1 aromatic carbocycles. The minimum Gasteiger partial charge on any atom is -0.493 e. The maximum Gasteiger partial charge on any atom is 0.236 e. The van der Waals surface area contributed by atoms with E-state index in [1.54, 1.807) is 7.11 Å². The Bertz CT molecular complexity index is 712. The van der Waals surface area contributed by atoms with E-state index >= 15 is 0 Å². The molecular formula is C23H36BrN3O3. The van der Waals surface area contributed by atoms with Crippen LogP contribution < -0.4 is 9.47 Å². The molecule has 2 atom stereocenters. The molecule has 7 heteroatoms. The molecule has 30 heavy (non-hydrogen) atoms. The molecule has 0 radical (unpaired) electrons. The van der Waals surface area contributed by atoms with Crippen LogP contribution in [-0.4, -0.2) is 80.1 Å². The highest BCUT2D eigenvalue weighted by Crippen LogP contribution is 2.37. The van der Waals surface area contributed by atoms with Crippen LogP contribution in [0.1, 0.15) is 32.8 Å². The number of ether oxygens (including phenoxy) is 2. The number of piperidine rings is 1. The Balaban J connectivity index is 1.50. The number of amides is 1. The van der Waals surface area contributed by atoms with Gasteiger partial charge in [0.05, 0.1) is 24.7 Å². The summed E-state index contributed by atoms with van der Waals surface area (Å²) in [5.41, 5.74) is 1.20. The Kier molecular flexibility index (Phi) is 8.43. The van der Waals surface area contributed by atoms with E-state index in [4.69, 9.17) is 9.47 Å². The van der Waals surface area contributed by atoms with Gasteiger partial charge in [0.2, 0.25) is 5.91 Å². The van der Waals surface area contributed by atoms with Crippen LogP contribution in [0.3, 0.4) is 0 Å². The third-order valence-corrected chi connectivity index (χ3v) is 6.62. The molecule has 168 valence electrons. The number of carbonyl (C=O) groups is 1. The van der Waals surface area contributed by atoms with E-state index in [-0.39, 0.29) is 0 Å². The van der Waals surface area contributed by atoms with Crippen molar-refractivity contribution in [2.75, 3.05) is 59.5 Å². The van der Waals surface area contributed by atoms with Gasteiger partial charge in [0.1, 0.15) is 0 Å². The fourth-order valence-electron chi connectivity index (χ4n) is 4.67. The lowest BCUT2D eigenvalue weighted by atomic mass is 9.92. The summed E-state index contributed by atoms with van der Waals surface area (Å²) >= 11 is 3.61. The third kappa shape index (κ3) is 6.11. The maximum absolute atomic E-state index is 12.8. The van der Waals surface area contributed by atoms with Crippen LogP contribution in [0.15, 0.2) is 16.6 Å². The van der Waals surface area contributed by atoms with E-state index in [1.807, 2.05) is 6.92 Å². The first-order valence-corrected chi connectivity index (χ1v) is 11.9. The summed E-state index contributed by atoms with van der Waals surface area (Å²) in [6.07, 6.45) is 1.23. The standard InChI is InChI=1S/C23H36BrN3O3/c1-5-30-23-20(24)11-19(12-21(23)29-4)15-25-6-8-26(9-7-25)16-22(28)27-13-17(2)10-18(3)14-27/h11-12,17-18H,5-10,13-16H2,1-4H3. The predicted octanol–water partition coefficient (Wildman–Crippen LogP) is 3.48. The molecule has 0 bridgehead atoms. The van der Waals surface area contributed by atoms with Crippen molar-refractivity contribution in [3.63, 3.8) is 0 Å². The highest BCUT2D eigenvalue weighted by atomic mass is 79.9. The largest absolute Gasteiger partial charge is 0.493 e. The molecule has 2 fully saturated rings. The molecular weight excluding hydrogens is 446 g/mol. The molecule has 2 aliphatic rings. The molecule has 0 saturated carbocycles. The molecule has 2 heterocycles. The van der Waals surface area contributed by atoms with Crippen molar-refractivity contribution in [3.05, 3.63) is 22.2 Å². The minimum absolute atomic E-state index is 0.294. The lowest BCUT2D eigenvalue weighted by Gasteiger charge is -2.38. The van der Waals surface area contributed by atoms with Crippen molar-refractivity contribution in [2.45, 2.75) is 33.7 Å². The van der Waals surface area contributed by atoms with Crippen LogP contribution >= 0.6 is 15.9 Å². The molecule has 2 aliphatic heterocycles. The number of hydrogen-bond donors (Lipinski definition) is 0. The molecule has 0 aliphatic carbocycles. The molecule has 1 aromatic rings. The monoisotopic (exact) mass is 481 g/mol. The van der Waals surface area contributed by atoms with Crippen LogP contribution in [0.25, 0.3) is 0 Å². The second kappa shape index (κ2) is 10.8. The number of rotatable bonds is 7. The Hall–Kier alpha value is -1.31. The second-order valence-corrected chi connectivity index (χ2v) is 9.69. The van der Waals surface area contributed by atoms with Gasteiger partial charge in [-0.25, -0.2) is 0 Å². The summed E-state index contributed by atoms with van der Waals surface area (Å²) < 4.78 is 12.1. The first-order valence-electron chi connectivity index (χ1n) is 11.1. The van der Waals surface area contributed by atoms with Crippen molar-refractivity contribution < 1.29 is 14.3 Å². The van der Waals surface area contributed by atoms with Crippen LogP contribution in [0, 0.1) is 11.8 Å².